The Bertz CT molecular complexity index is 1210. The normalized spacial score (nSPS) is 13.0. The average Bonchev–Trinajstić information content (AvgIpc) is 3.37. The first-order valence-electron chi connectivity index (χ1n) is 10.7. The van der Waals surface area contributed by atoms with E-state index in [9.17, 15) is 14.4 Å². The minimum absolute atomic E-state index is 0.0393. The first-order chi connectivity index (χ1) is 16.9. The molecule has 11 nitrogen and oxygen atoms in total. The number of ether oxygens (including phenoxy) is 2. The monoisotopic (exact) mass is 480 g/mol. The Morgan fingerprint density at radius 2 is 1.71 bits per heavy atom. The van der Waals surface area contributed by atoms with Crippen LogP contribution in [-0.4, -0.2) is 59.3 Å². The largest absolute Gasteiger partial charge is 0.479 e. The second-order valence-electron chi connectivity index (χ2n) is 7.85. The summed E-state index contributed by atoms with van der Waals surface area (Å²) in [7, 11) is 2.87. The van der Waals surface area contributed by atoms with Crippen molar-refractivity contribution in [2.45, 2.75) is 12.0 Å². The summed E-state index contributed by atoms with van der Waals surface area (Å²) in [5.41, 5.74) is 6.36. The van der Waals surface area contributed by atoms with Crippen LogP contribution in [0, 0.1) is 0 Å². The summed E-state index contributed by atoms with van der Waals surface area (Å²) in [6.45, 7) is -0.178. The van der Waals surface area contributed by atoms with E-state index in [2.05, 4.69) is 10.4 Å². The number of carboxylic acids is 1. The number of aromatic nitrogens is 2. The Balaban J connectivity index is 1.41. The van der Waals surface area contributed by atoms with Crippen LogP contribution in [0.25, 0.3) is 11.1 Å². The van der Waals surface area contributed by atoms with Crippen molar-refractivity contribution >= 4 is 23.8 Å². The third-order valence-electron chi connectivity index (χ3n) is 5.52. The highest BCUT2D eigenvalue weighted by Crippen LogP contribution is 2.44. The number of hydrogen-bond donors (Lipinski definition) is 3. The highest BCUT2D eigenvalue weighted by Gasteiger charge is 2.29. The lowest BCUT2D eigenvalue weighted by Crippen LogP contribution is -2.37. The van der Waals surface area contributed by atoms with Gasteiger partial charge >= 0.3 is 12.1 Å². The van der Waals surface area contributed by atoms with Crippen LogP contribution in [0.4, 0.5) is 10.6 Å². The van der Waals surface area contributed by atoms with Gasteiger partial charge in [0.15, 0.2) is 5.82 Å². The lowest BCUT2D eigenvalue weighted by atomic mass is 9.98. The number of fused-ring (bicyclic) bond motifs is 3. The van der Waals surface area contributed by atoms with Crippen molar-refractivity contribution in [1.82, 2.24) is 15.3 Å². The first-order valence-corrected chi connectivity index (χ1v) is 10.7. The Morgan fingerprint density at radius 1 is 1.09 bits per heavy atom. The summed E-state index contributed by atoms with van der Waals surface area (Å²) in [5.74, 6) is -2.30. The molecule has 1 aliphatic rings. The van der Waals surface area contributed by atoms with E-state index in [0.29, 0.717) is 0 Å². The fourth-order valence-corrected chi connectivity index (χ4v) is 3.96. The minimum Gasteiger partial charge on any atom is -0.479 e. The predicted molar refractivity (Wildman–Crippen MR) is 124 cm³/mol. The second-order valence-corrected chi connectivity index (χ2v) is 7.85. The number of aliphatic carboxylic acids is 1. The number of amides is 2. The van der Waals surface area contributed by atoms with Gasteiger partial charge in [0.05, 0.1) is 6.61 Å². The van der Waals surface area contributed by atoms with Gasteiger partial charge in [0.1, 0.15) is 12.2 Å². The van der Waals surface area contributed by atoms with Crippen LogP contribution in [0.3, 0.4) is 0 Å². The number of carboxylic acid groups (broad SMARTS) is 1. The number of aryl methyl sites for hydroxylation is 1. The maximum atomic E-state index is 12.6. The van der Waals surface area contributed by atoms with Crippen LogP contribution in [0.1, 0.15) is 27.4 Å². The molecule has 3 aromatic rings. The lowest BCUT2D eigenvalue weighted by Gasteiger charge is -2.14. The molecule has 11 heteroatoms. The molecule has 0 radical (unpaired) electrons. The van der Waals surface area contributed by atoms with E-state index in [-0.39, 0.29) is 30.5 Å². The molecule has 0 fully saturated rings. The van der Waals surface area contributed by atoms with E-state index in [1.54, 1.807) is 7.05 Å². The maximum Gasteiger partial charge on any atom is 0.412 e. The standard InChI is InChI=1S/C24H24N4O7/c1-28-11-18(22(29)27-35-20(13-33-2)23(30)31)21(26-28)25-24(32)34-12-19-16-9-5-3-7-14(16)15-8-4-6-10-17(15)19/h3-11,19-20H,12-13H2,1-2H3,(H,27,29)(H,30,31)(H,25,26,32). The van der Waals surface area contributed by atoms with Gasteiger partial charge in [-0.3, -0.25) is 19.6 Å². The zero-order valence-corrected chi connectivity index (χ0v) is 19.1. The molecule has 0 saturated heterocycles. The highest BCUT2D eigenvalue weighted by molar-refractivity contribution is 6.01. The summed E-state index contributed by atoms with van der Waals surface area (Å²) >= 11 is 0. The molecular formula is C24H24N4O7. The smallest absolute Gasteiger partial charge is 0.412 e. The minimum atomic E-state index is -1.40. The average molecular weight is 480 g/mol. The van der Waals surface area contributed by atoms with Crippen LogP contribution in [0.2, 0.25) is 0 Å². The molecule has 1 heterocycles. The van der Waals surface area contributed by atoms with E-state index in [0.717, 1.165) is 22.3 Å². The molecule has 4 rings (SSSR count). The first kappa shape index (κ1) is 23.9. The van der Waals surface area contributed by atoms with Gasteiger partial charge in [-0.25, -0.2) is 15.1 Å². The van der Waals surface area contributed by atoms with Crippen molar-refractivity contribution in [2.24, 2.45) is 7.05 Å². The number of anilines is 1. The van der Waals surface area contributed by atoms with E-state index in [4.69, 9.17) is 19.4 Å². The third kappa shape index (κ3) is 5.15. The Morgan fingerprint density at radius 3 is 2.31 bits per heavy atom. The molecule has 0 bridgehead atoms. The van der Waals surface area contributed by atoms with Crippen LogP contribution in [-0.2, 0) is 26.2 Å². The predicted octanol–water partition coefficient (Wildman–Crippen LogP) is 2.54. The Kier molecular flexibility index (Phi) is 7.09. The van der Waals surface area contributed by atoms with Crippen molar-refractivity contribution in [3.8, 4) is 11.1 Å². The number of carbonyl (C=O) groups is 3. The van der Waals surface area contributed by atoms with Gasteiger partial charge < -0.3 is 14.6 Å². The van der Waals surface area contributed by atoms with E-state index in [1.165, 1.54) is 18.0 Å². The Labute approximate surface area is 200 Å². The molecule has 1 aliphatic carbocycles. The number of hydrogen-bond acceptors (Lipinski definition) is 7. The molecule has 0 spiro atoms. The van der Waals surface area contributed by atoms with Gasteiger partial charge in [0, 0.05) is 26.3 Å². The van der Waals surface area contributed by atoms with E-state index >= 15 is 0 Å². The summed E-state index contributed by atoms with van der Waals surface area (Å²) in [6.07, 6.45) is -0.841. The van der Waals surface area contributed by atoms with Crippen LogP contribution in [0.5, 0.6) is 0 Å². The zero-order valence-electron chi connectivity index (χ0n) is 19.1. The van der Waals surface area contributed by atoms with Gasteiger partial charge in [-0.15, -0.1) is 0 Å². The van der Waals surface area contributed by atoms with Crippen LogP contribution >= 0.6 is 0 Å². The number of nitrogens with one attached hydrogen (secondary N) is 2. The number of methoxy groups -OCH3 is 1. The van der Waals surface area contributed by atoms with Gasteiger partial charge in [0.25, 0.3) is 5.91 Å². The summed E-state index contributed by atoms with van der Waals surface area (Å²) in [4.78, 5) is 41.1. The second kappa shape index (κ2) is 10.4. The van der Waals surface area contributed by atoms with Crippen LogP contribution < -0.4 is 10.8 Å². The quantitative estimate of drug-likeness (QED) is 0.397. The highest BCUT2D eigenvalue weighted by atomic mass is 16.7. The molecule has 2 aromatic carbocycles. The molecule has 1 unspecified atom stereocenters. The van der Waals surface area contributed by atoms with Crippen molar-refractivity contribution in [3.63, 3.8) is 0 Å². The van der Waals surface area contributed by atoms with Gasteiger partial charge in [0.2, 0.25) is 6.10 Å². The van der Waals surface area contributed by atoms with Crippen molar-refractivity contribution in [1.29, 1.82) is 0 Å². The van der Waals surface area contributed by atoms with Gasteiger partial charge in [-0.1, -0.05) is 48.5 Å². The molecule has 35 heavy (non-hydrogen) atoms. The number of rotatable bonds is 9. The van der Waals surface area contributed by atoms with Crippen molar-refractivity contribution in [3.05, 3.63) is 71.4 Å². The SMILES string of the molecule is COCC(ONC(=O)c1cn(C)nc1NC(=O)OCC1c2ccccc2-c2ccccc21)C(=O)O. The van der Waals surface area contributed by atoms with Crippen molar-refractivity contribution < 1.29 is 33.8 Å². The summed E-state index contributed by atoms with van der Waals surface area (Å²) in [6, 6.07) is 15.9. The maximum absolute atomic E-state index is 12.6. The third-order valence-corrected chi connectivity index (χ3v) is 5.52. The summed E-state index contributed by atoms with van der Waals surface area (Å²) in [5, 5.41) is 15.6. The topological polar surface area (TPSA) is 141 Å². The lowest BCUT2D eigenvalue weighted by molar-refractivity contribution is -0.158. The number of nitrogens with zero attached hydrogens (tertiary/aromatic N) is 2. The summed E-state index contributed by atoms with van der Waals surface area (Å²) < 4.78 is 11.6. The molecule has 182 valence electrons. The Hall–Kier alpha value is -4.22. The fourth-order valence-electron chi connectivity index (χ4n) is 3.96. The van der Waals surface area contributed by atoms with Crippen LogP contribution in [0.15, 0.2) is 54.7 Å². The zero-order chi connectivity index (χ0) is 24.9. The molecular weight excluding hydrogens is 456 g/mol. The fraction of sp³-hybridized carbons (Fsp3) is 0.250. The molecule has 1 aromatic heterocycles. The molecule has 3 N–H and O–H groups in total. The molecule has 0 aliphatic heterocycles. The van der Waals surface area contributed by atoms with E-state index in [1.807, 2.05) is 54.0 Å². The molecule has 1 atom stereocenters. The number of hydroxylamine groups is 1. The number of carbonyl (C=O) groups excluding carboxylic acids is 2. The molecule has 2 amide bonds. The van der Waals surface area contributed by atoms with Crippen molar-refractivity contribution in [2.75, 3.05) is 25.6 Å². The van der Waals surface area contributed by atoms with Gasteiger partial charge in [-0.05, 0) is 22.3 Å². The number of benzene rings is 2. The van der Waals surface area contributed by atoms with E-state index < -0.39 is 24.1 Å². The van der Waals surface area contributed by atoms with Gasteiger partial charge in [-0.2, -0.15) is 5.10 Å². The molecule has 0 saturated carbocycles.